The molecule has 0 spiro atoms. The van der Waals surface area contributed by atoms with Crippen LogP contribution in [0.15, 0.2) is 50.2 Å². The molecule has 0 unspecified atom stereocenters. The highest BCUT2D eigenvalue weighted by molar-refractivity contribution is 6.31. The van der Waals surface area contributed by atoms with Crippen molar-refractivity contribution in [3.8, 4) is 17.3 Å². The molecule has 0 fully saturated rings. The zero-order valence-electron chi connectivity index (χ0n) is 11.9. The third-order valence-electron chi connectivity index (χ3n) is 3.20. The van der Waals surface area contributed by atoms with E-state index in [2.05, 4.69) is 0 Å². The molecule has 1 atom stereocenters. The molecule has 3 rings (SSSR count). The Hall–Kier alpha value is -2.73. The first-order valence-electron chi connectivity index (χ1n) is 6.67. The third-order valence-corrected chi connectivity index (χ3v) is 3.43. The van der Waals surface area contributed by atoms with Crippen LogP contribution in [0, 0.1) is 0 Å². The monoisotopic (exact) mass is 334 g/mol. The molecule has 3 aromatic rings. The lowest BCUT2D eigenvalue weighted by Crippen LogP contribution is -2.26. The molecule has 0 aliphatic heterocycles. The smallest absolute Gasteiger partial charge is 0.344 e. The molecule has 0 aliphatic carbocycles. The van der Waals surface area contributed by atoms with Crippen molar-refractivity contribution in [3.63, 3.8) is 0 Å². The minimum Gasteiger partial charge on any atom is -0.479 e. The Morgan fingerprint density at radius 2 is 2.13 bits per heavy atom. The van der Waals surface area contributed by atoms with E-state index in [1.807, 2.05) is 0 Å². The van der Waals surface area contributed by atoms with E-state index in [1.54, 1.807) is 24.3 Å². The van der Waals surface area contributed by atoms with Crippen molar-refractivity contribution >= 4 is 28.5 Å². The normalized spacial score (nSPS) is 12.3. The summed E-state index contributed by atoms with van der Waals surface area (Å²) in [5.74, 6) is -1.15. The van der Waals surface area contributed by atoms with Gasteiger partial charge in [-0.15, -0.1) is 0 Å². The van der Waals surface area contributed by atoms with Crippen molar-refractivity contribution in [1.29, 1.82) is 0 Å². The van der Waals surface area contributed by atoms with Crippen molar-refractivity contribution in [2.75, 3.05) is 0 Å². The lowest BCUT2D eigenvalue weighted by Gasteiger charge is -2.13. The van der Waals surface area contributed by atoms with Gasteiger partial charge >= 0.3 is 5.97 Å². The third kappa shape index (κ3) is 2.80. The number of rotatable bonds is 4. The molecule has 1 N–H and O–H groups in total. The minimum absolute atomic E-state index is 0.0305. The summed E-state index contributed by atoms with van der Waals surface area (Å²) in [5, 5.41) is 9.56. The second-order valence-corrected chi connectivity index (χ2v) is 5.24. The minimum atomic E-state index is -1.23. The molecule has 6 nitrogen and oxygen atoms in total. The number of ether oxygens (including phenoxy) is 1. The number of furan rings is 1. The molecular weight excluding hydrogens is 324 g/mol. The van der Waals surface area contributed by atoms with E-state index in [0.717, 1.165) is 0 Å². The van der Waals surface area contributed by atoms with E-state index in [4.69, 9.17) is 30.3 Å². The number of aliphatic carboxylic acids is 1. The largest absolute Gasteiger partial charge is 0.479 e. The molecule has 0 saturated carbocycles. The van der Waals surface area contributed by atoms with E-state index in [9.17, 15) is 9.59 Å². The number of hydrogen-bond donors (Lipinski definition) is 1. The number of carbonyl (C=O) groups is 1. The van der Waals surface area contributed by atoms with Gasteiger partial charge in [0.15, 0.2) is 11.9 Å². The Balaban J connectivity index is 2.28. The van der Waals surface area contributed by atoms with Crippen LogP contribution >= 0.6 is 11.6 Å². The van der Waals surface area contributed by atoms with Crippen LogP contribution < -0.4 is 10.2 Å². The van der Waals surface area contributed by atoms with Gasteiger partial charge in [0.1, 0.15) is 5.58 Å². The summed E-state index contributed by atoms with van der Waals surface area (Å²) in [7, 11) is 0. The number of halogens is 1. The van der Waals surface area contributed by atoms with Gasteiger partial charge in [-0.2, -0.15) is 0 Å². The molecule has 2 heterocycles. The lowest BCUT2D eigenvalue weighted by atomic mass is 10.2. The summed E-state index contributed by atoms with van der Waals surface area (Å²) >= 11 is 5.90. The van der Waals surface area contributed by atoms with Gasteiger partial charge in [-0.3, -0.25) is 4.79 Å². The molecule has 1 aromatic carbocycles. The predicted octanol–water partition coefficient (Wildman–Crippen LogP) is 3.56. The fraction of sp³-hybridized carbons (Fsp3) is 0.125. The van der Waals surface area contributed by atoms with Gasteiger partial charge in [0, 0.05) is 5.02 Å². The van der Waals surface area contributed by atoms with Gasteiger partial charge < -0.3 is 18.7 Å². The van der Waals surface area contributed by atoms with Crippen molar-refractivity contribution in [1.82, 2.24) is 0 Å². The van der Waals surface area contributed by atoms with Crippen molar-refractivity contribution in [3.05, 3.63) is 51.8 Å². The Labute approximate surface area is 134 Å². The fourth-order valence-corrected chi connectivity index (χ4v) is 2.23. The van der Waals surface area contributed by atoms with Crippen LogP contribution in [-0.2, 0) is 4.79 Å². The second kappa shape index (κ2) is 5.81. The SMILES string of the molecule is C[C@H](Oc1c(-c2ccco2)oc2ccc(Cl)cc2c1=O)C(=O)O. The lowest BCUT2D eigenvalue weighted by molar-refractivity contribution is -0.144. The second-order valence-electron chi connectivity index (χ2n) is 4.81. The first-order chi connectivity index (χ1) is 11.0. The topological polar surface area (TPSA) is 89.9 Å². The van der Waals surface area contributed by atoms with Gasteiger partial charge in [-0.1, -0.05) is 11.6 Å². The standard InChI is InChI=1S/C16H11ClO6/c1-8(16(19)20)22-15-13(18)10-7-9(17)4-5-11(10)23-14(15)12-3-2-6-21-12/h2-8H,1H3,(H,19,20)/t8-/m0/s1. The Morgan fingerprint density at radius 1 is 1.35 bits per heavy atom. The van der Waals surface area contributed by atoms with Gasteiger partial charge in [-0.25, -0.2) is 4.79 Å². The average molecular weight is 335 g/mol. The zero-order chi connectivity index (χ0) is 16.6. The van der Waals surface area contributed by atoms with Gasteiger partial charge in [-0.05, 0) is 37.3 Å². The Bertz CT molecular complexity index is 926. The summed E-state index contributed by atoms with van der Waals surface area (Å²) in [5.41, 5.74) is -0.227. The highest BCUT2D eigenvalue weighted by Crippen LogP contribution is 2.32. The van der Waals surface area contributed by atoms with Crippen LogP contribution in [0.1, 0.15) is 6.92 Å². The highest BCUT2D eigenvalue weighted by Gasteiger charge is 2.23. The van der Waals surface area contributed by atoms with Crippen LogP contribution in [-0.4, -0.2) is 17.2 Å². The molecule has 0 saturated heterocycles. The molecule has 118 valence electrons. The molecule has 23 heavy (non-hydrogen) atoms. The molecule has 0 bridgehead atoms. The molecule has 2 aromatic heterocycles. The Morgan fingerprint density at radius 3 is 2.78 bits per heavy atom. The molecule has 7 heteroatoms. The van der Waals surface area contributed by atoms with Crippen LogP contribution in [0.4, 0.5) is 0 Å². The quantitative estimate of drug-likeness (QED) is 0.784. The number of benzene rings is 1. The van der Waals surface area contributed by atoms with E-state index in [0.29, 0.717) is 10.6 Å². The van der Waals surface area contributed by atoms with Crippen molar-refractivity contribution in [2.45, 2.75) is 13.0 Å². The number of carboxylic acid groups (broad SMARTS) is 1. The molecule has 0 amide bonds. The van der Waals surface area contributed by atoms with Crippen LogP contribution in [0.2, 0.25) is 5.02 Å². The van der Waals surface area contributed by atoms with E-state index >= 15 is 0 Å². The first-order valence-corrected chi connectivity index (χ1v) is 7.05. The van der Waals surface area contributed by atoms with Gasteiger partial charge in [0.05, 0.1) is 11.6 Å². The number of hydrogen-bond acceptors (Lipinski definition) is 5. The fourth-order valence-electron chi connectivity index (χ4n) is 2.05. The van der Waals surface area contributed by atoms with Gasteiger partial charge in [0.25, 0.3) is 0 Å². The van der Waals surface area contributed by atoms with Crippen LogP contribution in [0.3, 0.4) is 0 Å². The maximum absolute atomic E-state index is 12.7. The summed E-state index contributed by atoms with van der Waals surface area (Å²) in [4.78, 5) is 23.7. The zero-order valence-corrected chi connectivity index (χ0v) is 12.7. The van der Waals surface area contributed by atoms with Gasteiger partial charge in [0.2, 0.25) is 16.9 Å². The van der Waals surface area contributed by atoms with Crippen LogP contribution in [0.5, 0.6) is 5.75 Å². The van der Waals surface area contributed by atoms with Crippen molar-refractivity contribution < 1.29 is 23.5 Å². The molecule has 0 radical (unpaired) electrons. The van der Waals surface area contributed by atoms with E-state index in [-0.39, 0.29) is 22.7 Å². The first kappa shape index (κ1) is 15.2. The summed E-state index contributed by atoms with van der Waals surface area (Å²) in [6, 6.07) is 7.77. The number of carboxylic acids is 1. The summed E-state index contributed by atoms with van der Waals surface area (Å²) in [6.07, 6.45) is 0.175. The van der Waals surface area contributed by atoms with Crippen molar-refractivity contribution in [2.24, 2.45) is 0 Å². The maximum Gasteiger partial charge on any atom is 0.344 e. The number of fused-ring (bicyclic) bond motifs is 1. The molecular formula is C16H11ClO6. The van der Waals surface area contributed by atoms with Crippen LogP contribution in [0.25, 0.3) is 22.5 Å². The van der Waals surface area contributed by atoms with E-state index in [1.165, 1.54) is 19.3 Å². The highest BCUT2D eigenvalue weighted by atomic mass is 35.5. The molecule has 0 aliphatic rings. The Kier molecular flexibility index (Phi) is 3.83. The predicted molar refractivity (Wildman–Crippen MR) is 82.9 cm³/mol. The summed E-state index contributed by atoms with van der Waals surface area (Å²) in [6.45, 7) is 1.32. The maximum atomic E-state index is 12.7. The summed E-state index contributed by atoms with van der Waals surface area (Å²) < 4.78 is 16.2. The average Bonchev–Trinajstić information content (AvgIpc) is 3.04. The van der Waals surface area contributed by atoms with E-state index < -0.39 is 17.5 Å².